The molecule has 60 valence electrons. The van der Waals surface area contributed by atoms with Gasteiger partial charge in [0.1, 0.15) is 0 Å². The fourth-order valence-corrected chi connectivity index (χ4v) is 1.49. The maximum atomic E-state index is 9.25. The molecule has 0 aromatic heterocycles. The van der Waals surface area contributed by atoms with Crippen LogP contribution in [0.15, 0.2) is 0 Å². The normalized spacial score (nSPS) is 48.0. The molecule has 1 saturated heterocycles. The first-order chi connectivity index (χ1) is 4.66. The molecule has 10 heavy (non-hydrogen) atoms. The van der Waals surface area contributed by atoms with Crippen LogP contribution in [0.3, 0.4) is 0 Å². The van der Waals surface area contributed by atoms with E-state index in [1.165, 1.54) is 0 Å². The molecule has 0 radical (unpaired) electrons. The van der Waals surface area contributed by atoms with Gasteiger partial charge < -0.3 is 9.84 Å². The minimum absolute atomic E-state index is 0.269. The van der Waals surface area contributed by atoms with Crippen LogP contribution in [-0.2, 0) is 4.74 Å². The molecule has 0 aromatic rings. The molecule has 0 aromatic carbocycles. The van der Waals surface area contributed by atoms with E-state index in [1.54, 1.807) is 0 Å². The molecular formula is C8H16O2. The number of hydrogen-bond donors (Lipinski definition) is 1. The third kappa shape index (κ3) is 1.18. The van der Waals surface area contributed by atoms with Gasteiger partial charge in [0.05, 0.1) is 6.10 Å². The van der Waals surface area contributed by atoms with Crippen molar-refractivity contribution in [2.24, 2.45) is 11.8 Å². The molecule has 0 saturated carbocycles. The van der Waals surface area contributed by atoms with Crippen molar-refractivity contribution < 1.29 is 9.84 Å². The predicted octanol–water partition coefficient (Wildman–Crippen LogP) is 1.39. The number of hydrogen-bond acceptors (Lipinski definition) is 2. The predicted molar refractivity (Wildman–Crippen MR) is 39.5 cm³/mol. The summed E-state index contributed by atoms with van der Waals surface area (Å²) in [5.74, 6) is 0.796. The molecule has 1 aliphatic rings. The maximum absolute atomic E-state index is 9.25. The zero-order valence-electron chi connectivity index (χ0n) is 6.87. The molecule has 0 bridgehead atoms. The van der Waals surface area contributed by atoms with E-state index < -0.39 is 6.29 Å². The second-order valence-electron chi connectivity index (χ2n) is 3.19. The topological polar surface area (TPSA) is 29.5 Å². The van der Waals surface area contributed by atoms with Crippen molar-refractivity contribution in [1.82, 2.24) is 0 Å². The Morgan fingerprint density at radius 3 is 2.10 bits per heavy atom. The summed E-state index contributed by atoms with van der Waals surface area (Å²) in [6, 6.07) is 0. The SMILES string of the molecule is CC[C@H]1OC(O)C(C)[C@H]1C. The zero-order chi connectivity index (χ0) is 7.72. The molecule has 4 atom stereocenters. The lowest BCUT2D eigenvalue weighted by molar-refractivity contribution is -0.106. The van der Waals surface area contributed by atoms with Crippen molar-refractivity contribution in [3.63, 3.8) is 0 Å². The van der Waals surface area contributed by atoms with Gasteiger partial charge >= 0.3 is 0 Å². The van der Waals surface area contributed by atoms with Crippen molar-refractivity contribution in [1.29, 1.82) is 0 Å². The number of ether oxygens (including phenoxy) is 1. The van der Waals surface area contributed by atoms with Gasteiger partial charge in [-0.05, 0) is 12.3 Å². The van der Waals surface area contributed by atoms with Crippen molar-refractivity contribution in [3.05, 3.63) is 0 Å². The molecule has 0 amide bonds. The van der Waals surface area contributed by atoms with Crippen LogP contribution in [-0.4, -0.2) is 17.5 Å². The van der Waals surface area contributed by atoms with Gasteiger partial charge in [0.2, 0.25) is 0 Å². The average molecular weight is 144 g/mol. The van der Waals surface area contributed by atoms with E-state index in [1.807, 2.05) is 6.92 Å². The molecule has 2 unspecified atom stereocenters. The highest BCUT2D eigenvalue weighted by molar-refractivity contribution is 4.79. The van der Waals surface area contributed by atoms with Crippen LogP contribution in [0.1, 0.15) is 27.2 Å². The quantitative estimate of drug-likeness (QED) is 0.602. The summed E-state index contributed by atoms with van der Waals surface area (Å²) in [6.07, 6.45) is 0.743. The van der Waals surface area contributed by atoms with Gasteiger partial charge in [-0.3, -0.25) is 0 Å². The highest BCUT2D eigenvalue weighted by atomic mass is 16.6. The molecule has 1 rings (SSSR count). The van der Waals surface area contributed by atoms with Gasteiger partial charge in [0, 0.05) is 5.92 Å². The minimum Gasteiger partial charge on any atom is -0.368 e. The second kappa shape index (κ2) is 2.89. The average Bonchev–Trinajstić information content (AvgIpc) is 2.17. The summed E-state index contributed by atoms with van der Waals surface area (Å²) < 4.78 is 5.29. The number of rotatable bonds is 1. The standard InChI is InChI=1S/C8H16O2/c1-4-7-5(2)6(3)8(9)10-7/h5-9H,4H2,1-3H3/t5-,6?,7-,8?/m1/s1. The molecule has 1 N–H and O–H groups in total. The van der Waals surface area contributed by atoms with E-state index in [0.29, 0.717) is 11.8 Å². The molecule has 1 aliphatic heterocycles. The minimum atomic E-state index is -0.528. The molecule has 2 heteroatoms. The molecule has 1 heterocycles. The Bertz CT molecular complexity index is 114. The van der Waals surface area contributed by atoms with Crippen molar-refractivity contribution in [2.75, 3.05) is 0 Å². The van der Waals surface area contributed by atoms with Crippen LogP contribution in [0.25, 0.3) is 0 Å². The van der Waals surface area contributed by atoms with Crippen LogP contribution in [0.2, 0.25) is 0 Å². The summed E-state index contributed by atoms with van der Waals surface area (Å²) in [5, 5.41) is 9.25. The molecule has 0 spiro atoms. The van der Waals surface area contributed by atoms with Gasteiger partial charge in [-0.15, -0.1) is 0 Å². The summed E-state index contributed by atoms with van der Waals surface area (Å²) in [5.41, 5.74) is 0. The van der Waals surface area contributed by atoms with Crippen LogP contribution >= 0.6 is 0 Å². The fraction of sp³-hybridized carbons (Fsp3) is 1.00. The fourth-order valence-electron chi connectivity index (χ4n) is 1.49. The smallest absolute Gasteiger partial charge is 0.157 e. The Labute approximate surface area is 62.2 Å². The largest absolute Gasteiger partial charge is 0.368 e. The number of aliphatic hydroxyl groups excluding tert-OH is 1. The monoisotopic (exact) mass is 144 g/mol. The molecule has 2 nitrogen and oxygen atoms in total. The first kappa shape index (κ1) is 8.02. The third-order valence-electron chi connectivity index (χ3n) is 2.58. The van der Waals surface area contributed by atoms with Gasteiger partial charge in [-0.25, -0.2) is 0 Å². The first-order valence-electron chi connectivity index (χ1n) is 4.00. The van der Waals surface area contributed by atoms with Crippen molar-refractivity contribution >= 4 is 0 Å². The van der Waals surface area contributed by atoms with Crippen LogP contribution in [0, 0.1) is 11.8 Å². The number of aliphatic hydroxyl groups is 1. The van der Waals surface area contributed by atoms with Gasteiger partial charge in [-0.2, -0.15) is 0 Å². The van der Waals surface area contributed by atoms with Crippen molar-refractivity contribution in [2.45, 2.75) is 39.6 Å². The lowest BCUT2D eigenvalue weighted by Gasteiger charge is -2.12. The van der Waals surface area contributed by atoms with Crippen LogP contribution < -0.4 is 0 Å². The van der Waals surface area contributed by atoms with Gasteiger partial charge in [0.25, 0.3) is 0 Å². The highest BCUT2D eigenvalue weighted by Gasteiger charge is 2.36. The lowest BCUT2D eigenvalue weighted by atomic mass is 9.92. The summed E-state index contributed by atoms with van der Waals surface area (Å²) in [4.78, 5) is 0. The summed E-state index contributed by atoms with van der Waals surface area (Å²) in [6.45, 7) is 6.26. The van der Waals surface area contributed by atoms with Crippen LogP contribution in [0.4, 0.5) is 0 Å². The molecule has 0 aliphatic carbocycles. The third-order valence-corrected chi connectivity index (χ3v) is 2.58. The first-order valence-corrected chi connectivity index (χ1v) is 4.00. The Hall–Kier alpha value is -0.0800. The Balaban J connectivity index is 2.53. The molecule has 1 fully saturated rings. The lowest BCUT2D eigenvalue weighted by Crippen LogP contribution is -2.15. The Morgan fingerprint density at radius 2 is 1.90 bits per heavy atom. The van der Waals surface area contributed by atoms with Crippen molar-refractivity contribution in [3.8, 4) is 0 Å². The second-order valence-corrected chi connectivity index (χ2v) is 3.19. The molecular weight excluding hydrogens is 128 g/mol. The van der Waals surface area contributed by atoms with E-state index in [0.717, 1.165) is 6.42 Å². The van der Waals surface area contributed by atoms with Gasteiger partial charge in [-0.1, -0.05) is 20.8 Å². The van der Waals surface area contributed by atoms with E-state index in [4.69, 9.17) is 4.74 Å². The van der Waals surface area contributed by atoms with Gasteiger partial charge in [0.15, 0.2) is 6.29 Å². The van der Waals surface area contributed by atoms with Crippen LogP contribution in [0.5, 0.6) is 0 Å². The Morgan fingerprint density at radius 1 is 1.30 bits per heavy atom. The van der Waals surface area contributed by atoms with E-state index in [-0.39, 0.29) is 6.10 Å². The summed E-state index contributed by atoms with van der Waals surface area (Å²) in [7, 11) is 0. The maximum Gasteiger partial charge on any atom is 0.157 e. The zero-order valence-corrected chi connectivity index (χ0v) is 6.87. The summed E-state index contributed by atoms with van der Waals surface area (Å²) >= 11 is 0. The Kier molecular flexibility index (Phi) is 2.32. The van der Waals surface area contributed by atoms with E-state index in [9.17, 15) is 5.11 Å². The van der Waals surface area contributed by atoms with E-state index in [2.05, 4.69) is 13.8 Å². The van der Waals surface area contributed by atoms with E-state index >= 15 is 0 Å². The highest BCUT2D eigenvalue weighted by Crippen LogP contribution is 2.31.